The van der Waals surface area contributed by atoms with E-state index in [-0.39, 0.29) is 5.82 Å². The van der Waals surface area contributed by atoms with Crippen molar-refractivity contribution in [1.29, 1.82) is 0 Å². The van der Waals surface area contributed by atoms with Crippen LogP contribution in [0.15, 0.2) is 41.6 Å². The van der Waals surface area contributed by atoms with Crippen LogP contribution in [0.3, 0.4) is 0 Å². The predicted molar refractivity (Wildman–Crippen MR) is 59.7 cm³/mol. The number of aromatic nitrogens is 2. The van der Waals surface area contributed by atoms with Gasteiger partial charge in [-0.1, -0.05) is 0 Å². The highest BCUT2D eigenvalue weighted by atomic mass is 32.2. The second-order valence-corrected chi connectivity index (χ2v) is 4.85. The first-order chi connectivity index (χ1) is 7.66. The molecule has 0 fully saturated rings. The largest absolute Gasteiger partial charge is 0.337 e. The third-order valence-corrected chi connectivity index (χ3v) is 3.58. The summed E-state index contributed by atoms with van der Waals surface area (Å²) in [7, 11) is 0.670. The molecule has 2 aromatic rings. The maximum Gasteiger partial charge on any atom is 0.123 e. The molecule has 0 aliphatic rings. The fraction of sp³-hybridized carbons (Fsp3) is 0.182. The maximum absolute atomic E-state index is 12.7. The van der Waals surface area contributed by atoms with Crippen LogP contribution in [0.5, 0.6) is 0 Å². The molecular formula is C11H11FN2OS. The van der Waals surface area contributed by atoms with E-state index in [0.717, 1.165) is 5.82 Å². The molecule has 1 atom stereocenters. The standard InChI is InChI=1S/C11H11FN2OS/c1-14-7-6-13-11(14)8-16(15)10-4-2-9(12)3-5-10/h2-7H,8H2,1H3. The van der Waals surface area contributed by atoms with Crippen molar-refractivity contribution in [2.75, 3.05) is 0 Å². The third kappa shape index (κ3) is 2.36. The molecule has 0 bridgehead atoms. The van der Waals surface area contributed by atoms with E-state index < -0.39 is 10.8 Å². The molecule has 3 nitrogen and oxygen atoms in total. The zero-order chi connectivity index (χ0) is 11.5. The summed E-state index contributed by atoms with van der Waals surface area (Å²) in [5.41, 5.74) is 0. The minimum Gasteiger partial charge on any atom is -0.337 e. The lowest BCUT2D eigenvalue weighted by atomic mass is 10.4. The first-order valence-corrected chi connectivity index (χ1v) is 6.09. The van der Waals surface area contributed by atoms with Crippen molar-refractivity contribution in [3.8, 4) is 0 Å². The van der Waals surface area contributed by atoms with E-state index >= 15 is 0 Å². The Morgan fingerprint density at radius 2 is 2.06 bits per heavy atom. The Morgan fingerprint density at radius 1 is 1.38 bits per heavy atom. The molecule has 0 amide bonds. The van der Waals surface area contributed by atoms with Gasteiger partial charge in [0.2, 0.25) is 0 Å². The summed E-state index contributed by atoms with van der Waals surface area (Å²) in [6.45, 7) is 0. The lowest BCUT2D eigenvalue weighted by molar-refractivity contribution is 0.626. The van der Waals surface area contributed by atoms with Crippen LogP contribution in [0.4, 0.5) is 4.39 Å². The highest BCUT2D eigenvalue weighted by Crippen LogP contribution is 2.11. The molecule has 84 valence electrons. The molecule has 1 aromatic carbocycles. The average Bonchev–Trinajstić information content (AvgIpc) is 2.65. The molecule has 0 saturated carbocycles. The molecule has 2 rings (SSSR count). The Balaban J connectivity index is 2.15. The van der Waals surface area contributed by atoms with E-state index in [2.05, 4.69) is 4.98 Å². The topological polar surface area (TPSA) is 34.9 Å². The summed E-state index contributed by atoms with van der Waals surface area (Å²) in [6, 6.07) is 5.69. The summed E-state index contributed by atoms with van der Waals surface area (Å²) >= 11 is 0. The lowest BCUT2D eigenvalue weighted by Crippen LogP contribution is -2.03. The van der Waals surface area contributed by atoms with Gasteiger partial charge in [-0.3, -0.25) is 4.21 Å². The number of aryl methyl sites for hydroxylation is 1. The molecule has 1 aromatic heterocycles. The van der Waals surface area contributed by atoms with Crippen molar-refractivity contribution in [2.24, 2.45) is 7.05 Å². The number of hydrogen-bond donors (Lipinski definition) is 0. The normalized spacial score (nSPS) is 12.6. The highest BCUT2D eigenvalue weighted by Gasteiger charge is 2.08. The van der Waals surface area contributed by atoms with E-state index in [1.165, 1.54) is 24.3 Å². The van der Waals surface area contributed by atoms with Gasteiger partial charge in [-0.2, -0.15) is 0 Å². The van der Waals surface area contributed by atoms with Gasteiger partial charge >= 0.3 is 0 Å². The average molecular weight is 238 g/mol. The number of rotatable bonds is 3. The molecule has 0 N–H and O–H groups in total. The SMILES string of the molecule is Cn1ccnc1CS(=O)c1ccc(F)cc1. The number of benzene rings is 1. The van der Waals surface area contributed by atoms with Crippen LogP contribution >= 0.6 is 0 Å². The molecule has 1 unspecified atom stereocenters. The number of hydrogen-bond acceptors (Lipinski definition) is 2. The van der Waals surface area contributed by atoms with Gasteiger partial charge in [0.1, 0.15) is 11.6 Å². The summed E-state index contributed by atoms with van der Waals surface area (Å²) in [5.74, 6) is 0.773. The van der Waals surface area contributed by atoms with Gasteiger partial charge in [0.25, 0.3) is 0 Å². The molecule has 0 radical (unpaired) electrons. The van der Waals surface area contributed by atoms with Crippen LogP contribution in [0.2, 0.25) is 0 Å². The zero-order valence-electron chi connectivity index (χ0n) is 8.76. The van der Waals surface area contributed by atoms with Gasteiger partial charge in [0, 0.05) is 24.3 Å². The summed E-state index contributed by atoms with van der Waals surface area (Å²) < 4.78 is 26.4. The predicted octanol–water partition coefficient (Wildman–Crippen LogP) is 1.87. The Labute approximate surface area is 95.4 Å². The Bertz CT molecular complexity index is 507. The van der Waals surface area contributed by atoms with E-state index in [1.807, 2.05) is 11.6 Å². The van der Waals surface area contributed by atoms with Gasteiger partial charge < -0.3 is 4.57 Å². The molecular weight excluding hydrogens is 227 g/mol. The van der Waals surface area contributed by atoms with Crippen molar-refractivity contribution in [3.05, 3.63) is 48.3 Å². The second kappa shape index (κ2) is 4.57. The molecule has 16 heavy (non-hydrogen) atoms. The van der Waals surface area contributed by atoms with Crippen molar-refractivity contribution in [1.82, 2.24) is 9.55 Å². The minimum absolute atomic E-state index is 0.322. The van der Waals surface area contributed by atoms with E-state index in [0.29, 0.717) is 10.6 Å². The van der Waals surface area contributed by atoms with Crippen molar-refractivity contribution >= 4 is 10.8 Å². The fourth-order valence-electron chi connectivity index (χ4n) is 1.32. The summed E-state index contributed by atoms with van der Waals surface area (Å²) in [5, 5.41) is 0. The maximum atomic E-state index is 12.7. The van der Waals surface area contributed by atoms with Crippen LogP contribution in [-0.2, 0) is 23.6 Å². The van der Waals surface area contributed by atoms with Gasteiger partial charge in [0.15, 0.2) is 0 Å². The van der Waals surface area contributed by atoms with E-state index in [4.69, 9.17) is 0 Å². The fourth-order valence-corrected chi connectivity index (χ4v) is 2.44. The Morgan fingerprint density at radius 3 is 2.62 bits per heavy atom. The first-order valence-electron chi connectivity index (χ1n) is 4.77. The highest BCUT2D eigenvalue weighted by molar-refractivity contribution is 7.84. The minimum atomic E-state index is -1.18. The quantitative estimate of drug-likeness (QED) is 0.818. The second-order valence-electron chi connectivity index (χ2n) is 3.40. The zero-order valence-corrected chi connectivity index (χ0v) is 9.58. The summed E-state index contributed by atoms with van der Waals surface area (Å²) in [4.78, 5) is 4.71. The number of halogens is 1. The van der Waals surface area contributed by atoms with Crippen LogP contribution in [0.1, 0.15) is 5.82 Å². The van der Waals surface area contributed by atoms with Gasteiger partial charge in [-0.25, -0.2) is 9.37 Å². The monoisotopic (exact) mass is 238 g/mol. The first kappa shape index (κ1) is 11.0. The molecule has 0 saturated heterocycles. The Kier molecular flexibility index (Phi) is 3.14. The number of imidazole rings is 1. The molecule has 1 heterocycles. The van der Waals surface area contributed by atoms with Crippen LogP contribution < -0.4 is 0 Å². The smallest absolute Gasteiger partial charge is 0.123 e. The van der Waals surface area contributed by atoms with Gasteiger partial charge in [-0.15, -0.1) is 0 Å². The van der Waals surface area contributed by atoms with Crippen molar-refractivity contribution in [3.63, 3.8) is 0 Å². The van der Waals surface area contributed by atoms with E-state index in [1.54, 1.807) is 12.4 Å². The molecule has 0 aliphatic carbocycles. The van der Waals surface area contributed by atoms with E-state index in [9.17, 15) is 8.60 Å². The van der Waals surface area contributed by atoms with Crippen LogP contribution in [0.25, 0.3) is 0 Å². The lowest BCUT2D eigenvalue weighted by Gasteiger charge is -2.02. The number of nitrogens with zero attached hydrogens (tertiary/aromatic N) is 2. The third-order valence-electron chi connectivity index (χ3n) is 2.26. The molecule has 5 heteroatoms. The van der Waals surface area contributed by atoms with Crippen molar-refractivity contribution in [2.45, 2.75) is 10.6 Å². The van der Waals surface area contributed by atoms with Crippen LogP contribution in [-0.4, -0.2) is 13.8 Å². The molecule has 0 spiro atoms. The molecule has 0 aliphatic heterocycles. The van der Waals surface area contributed by atoms with Gasteiger partial charge in [0.05, 0.1) is 16.6 Å². The Hall–Kier alpha value is -1.49. The summed E-state index contributed by atoms with van der Waals surface area (Å²) in [6.07, 6.45) is 3.47. The van der Waals surface area contributed by atoms with Crippen LogP contribution in [0, 0.1) is 5.82 Å². The van der Waals surface area contributed by atoms with Crippen molar-refractivity contribution < 1.29 is 8.60 Å². The van der Waals surface area contributed by atoms with Gasteiger partial charge in [-0.05, 0) is 24.3 Å².